The minimum Gasteiger partial charge on any atom is -0.0795 e. The Morgan fingerprint density at radius 3 is 0.912 bits per heavy atom. The van der Waals surface area contributed by atoms with Crippen molar-refractivity contribution in [3.8, 4) is 0 Å². The van der Waals surface area contributed by atoms with Gasteiger partial charge in [-0.1, -0.05) is 72.1 Å². The van der Waals surface area contributed by atoms with Crippen LogP contribution in [-0.4, -0.2) is 9.49 Å². The Morgan fingerprint density at radius 1 is 0.412 bits per heavy atom. The molecule has 0 radical (unpaired) electrons. The molecule has 0 amide bonds. The lowest BCUT2D eigenvalue weighted by molar-refractivity contribution is 0.534. The van der Waals surface area contributed by atoms with Crippen LogP contribution in [0.3, 0.4) is 0 Å². The number of hydrogen-bond donors (Lipinski definition) is 0. The molecule has 170 valence electrons. The van der Waals surface area contributed by atoms with Crippen molar-refractivity contribution >= 4 is 45.3 Å². The standard InChI is InChI=1S/C30H28S4/c1-29(2,33-25-17-9-5-13-21(25)31-22-14-6-10-18-26(22)33)30(3,4)34-27-19-11-7-15-23(27)32-24-16-8-12-20-28(24)34/h5-20H,1-4H3/q+2. The van der Waals surface area contributed by atoms with Gasteiger partial charge in [0.1, 0.15) is 0 Å². The van der Waals surface area contributed by atoms with Crippen LogP contribution in [0.2, 0.25) is 0 Å². The maximum Gasteiger partial charge on any atom is 0.183 e. The van der Waals surface area contributed by atoms with Gasteiger partial charge >= 0.3 is 0 Å². The molecule has 0 aromatic heterocycles. The monoisotopic (exact) mass is 516 g/mol. The Labute approximate surface area is 217 Å². The van der Waals surface area contributed by atoms with Crippen LogP contribution < -0.4 is 0 Å². The average molecular weight is 517 g/mol. The van der Waals surface area contributed by atoms with E-state index in [0.29, 0.717) is 0 Å². The van der Waals surface area contributed by atoms with Crippen LogP contribution in [0.15, 0.2) is 136 Å². The van der Waals surface area contributed by atoms with Crippen molar-refractivity contribution in [1.29, 1.82) is 0 Å². The maximum absolute atomic E-state index is 2.53. The number of benzene rings is 4. The number of hydrogen-bond acceptors (Lipinski definition) is 2. The van der Waals surface area contributed by atoms with Crippen molar-refractivity contribution < 1.29 is 0 Å². The Morgan fingerprint density at radius 2 is 0.647 bits per heavy atom. The maximum atomic E-state index is 2.53. The van der Waals surface area contributed by atoms with Crippen molar-refractivity contribution in [3.05, 3.63) is 97.1 Å². The molecule has 2 heterocycles. The van der Waals surface area contributed by atoms with E-state index in [-0.39, 0.29) is 31.3 Å². The molecule has 0 saturated carbocycles. The predicted molar refractivity (Wildman–Crippen MR) is 150 cm³/mol. The SMILES string of the molecule is CC(C)([S+]1c2ccccc2Sc2ccccc21)C(C)(C)[S+]1c2ccccc2Sc2ccccc21. The minimum atomic E-state index is -0.0503. The van der Waals surface area contributed by atoms with Crippen molar-refractivity contribution in [2.75, 3.05) is 0 Å². The molecule has 0 nitrogen and oxygen atoms in total. The van der Waals surface area contributed by atoms with E-state index >= 15 is 0 Å². The van der Waals surface area contributed by atoms with E-state index in [0.717, 1.165) is 0 Å². The van der Waals surface area contributed by atoms with Gasteiger partial charge in [0.25, 0.3) is 0 Å². The van der Waals surface area contributed by atoms with Gasteiger partial charge < -0.3 is 0 Å². The van der Waals surface area contributed by atoms with E-state index in [1.54, 1.807) is 0 Å². The zero-order valence-corrected chi connectivity index (χ0v) is 23.1. The Hall–Kier alpha value is -1.72. The molecule has 0 saturated heterocycles. The Balaban J connectivity index is 1.57. The van der Waals surface area contributed by atoms with Gasteiger partial charge in [-0.25, -0.2) is 0 Å². The summed E-state index contributed by atoms with van der Waals surface area (Å²) >= 11 is 3.86. The molecule has 6 rings (SSSR count). The van der Waals surface area contributed by atoms with Gasteiger partial charge in [0.05, 0.1) is 41.4 Å². The van der Waals surface area contributed by atoms with E-state index in [2.05, 4.69) is 125 Å². The van der Waals surface area contributed by atoms with Gasteiger partial charge in [-0.15, -0.1) is 0 Å². The molecule has 0 unspecified atom stereocenters. The molecule has 0 aliphatic carbocycles. The van der Waals surface area contributed by atoms with Crippen LogP contribution in [-0.2, 0) is 21.8 Å². The van der Waals surface area contributed by atoms with Gasteiger partial charge in [0.15, 0.2) is 29.1 Å². The smallest absolute Gasteiger partial charge is 0.0795 e. The molecule has 4 heteroatoms. The van der Waals surface area contributed by atoms with Gasteiger partial charge in [-0.2, -0.15) is 0 Å². The van der Waals surface area contributed by atoms with Crippen molar-refractivity contribution in [2.45, 2.75) is 76.4 Å². The van der Waals surface area contributed by atoms with Gasteiger partial charge in [-0.3, -0.25) is 0 Å². The normalized spacial score (nSPS) is 15.8. The summed E-state index contributed by atoms with van der Waals surface area (Å²) in [4.78, 5) is 11.7. The van der Waals surface area contributed by atoms with Crippen LogP contribution in [0.5, 0.6) is 0 Å². The van der Waals surface area contributed by atoms with Gasteiger partial charge in [0.2, 0.25) is 0 Å². The summed E-state index contributed by atoms with van der Waals surface area (Å²) in [5.74, 6) is 0. The summed E-state index contributed by atoms with van der Waals surface area (Å²) in [7, 11) is -0.101. The summed E-state index contributed by atoms with van der Waals surface area (Å²) in [6, 6.07) is 36.4. The van der Waals surface area contributed by atoms with E-state index < -0.39 is 0 Å². The molecule has 0 spiro atoms. The lowest BCUT2D eigenvalue weighted by Gasteiger charge is -2.41. The third kappa shape index (κ3) is 3.41. The Kier molecular flexibility index (Phi) is 5.64. The summed E-state index contributed by atoms with van der Waals surface area (Å²) < 4.78 is 0.0387. The van der Waals surface area contributed by atoms with E-state index in [1.807, 2.05) is 23.5 Å². The largest absolute Gasteiger partial charge is 0.183 e. The second-order valence-electron chi connectivity index (χ2n) is 9.62. The second kappa shape index (κ2) is 8.44. The first-order chi connectivity index (χ1) is 16.4. The summed E-state index contributed by atoms with van der Waals surface area (Å²) in [5, 5.41) is 0. The van der Waals surface area contributed by atoms with Crippen LogP contribution in [0.1, 0.15) is 27.7 Å². The molecule has 4 aromatic carbocycles. The second-order valence-corrected chi connectivity index (χ2v) is 16.8. The van der Waals surface area contributed by atoms with Crippen LogP contribution in [0.25, 0.3) is 0 Å². The highest BCUT2D eigenvalue weighted by Crippen LogP contribution is 2.58. The van der Waals surface area contributed by atoms with E-state index in [1.165, 1.54) is 39.2 Å². The number of fused-ring (bicyclic) bond motifs is 4. The molecule has 0 N–H and O–H groups in total. The fraction of sp³-hybridized carbons (Fsp3) is 0.200. The highest BCUT2D eigenvalue weighted by atomic mass is 32.2. The summed E-state index contributed by atoms with van der Waals surface area (Å²) in [6.07, 6.45) is 0. The zero-order valence-electron chi connectivity index (χ0n) is 19.9. The first-order valence-corrected chi connectivity index (χ1v) is 15.7. The molecule has 0 fully saturated rings. The van der Waals surface area contributed by atoms with Crippen molar-refractivity contribution in [1.82, 2.24) is 0 Å². The molecule has 0 atom stereocenters. The lowest BCUT2D eigenvalue weighted by atomic mass is 9.98. The molecule has 2 aliphatic heterocycles. The van der Waals surface area contributed by atoms with E-state index in [4.69, 9.17) is 0 Å². The van der Waals surface area contributed by atoms with Crippen molar-refractivity contribution in [2.24, 2.45) is 0 Å². The first kappa shape index (κ1) is 22.7. The predicted octanol–water partition coefficient (Wildman–Crippen LogP) is 8.95. The molecule has 2 aliphatic rings. The molecule has 4 aromatic rings. The fourth-order valence-corrected chi connectivity index (χ4v) is 14.2. The van der Waals surface area contributed by atoms with Crippen LogP contribution >= 0.6 is 23.5 Å². The molecular formula is C30H28S4+2. The topological polar surface area (TPSA) is 0 Å². The van der Waals surface area contributed by atoms with Crippen molar-refractivity contribution in [3.63, 3.8) is 0 Å². The number of rotatable bonds is 3. The lowest BCUT2D eigenvalue weighted by Crippen LogP contribution is -2.56. The third-order valence-electron chi connectivity index (χ3n) is 7.19. The quantitative estimate of drug-likeness (QED) is 0.249. The van der Waals surface area contributed by atoms with Crippen LogP contribution in [0.4, 0.5) is 0 Å². The zero-order chi connectivity index (χ0) is 23.5. The average Bonchev–Trinajstić information content (AvgIpc) is 2.85. The highest BCUT2D eigenvalue weighted by molar-refractivity contribution is 8.07. The molecule has 0 bridgehead atoms. The van der Waals surface area contributed by atoms with Crippen LogP contribution in [0, 0.1) is 0 Å². The fourth-order valence-electron chi connectivity index (χ4n) is 4.88. The minimum absolute atomic E-state index is 0.0194. The first-order valence-electron chi connectivity index (χ1n) is 11.6. The van der Waals surface area contributed by atoms with Gasteiger partial charge in [-0.05, 0) is 76.2 Å². The molecule has 34 heavy (non-hydrogen) atoms. The Bertz CT molecular complexity index is 1190. The molecular weight excluding hydrogens is 489 g/mol. The van der Waals surface area contributed by atoms with E-state index in [9.17, 15) is 0 Å². The highest BCUT2D eigenvalue weighted by Gasteiger charge is 2.66. The third-order valence-corrected chi connectivity index (χ3v) is 16.4. The summed E-state index contributed by atoms with van der Waals surface area (Å²) in [5.41, 5.74) is 0. The summed E-state index contributed by atoms with van der Waals surface area (Å²) in [6.45, 7) is 10.1. The van der Waals surface area contributed by atoms with Gasteiger partial charge in [0, 0.05) is 0 Å².